The van der Waals surface area contributed by atoms with Gasteiger partial charge in [-0.05, 0) is 53.0 Å². The normalized spacial score (nSPS) is 15.1. The summed E-state index contributed by atoms with van der Waals surface area (Å²) in [5, 5.41) is 4.98. The van der Waals surface area contributed by atoms with E-state index in [-0.39, 0.29) is 16.1 Å². The summed E-state index contributed by atoms with van der Waals surface area (Å²) in [6.07, 6.45) is 3.79. The quantitative estimate of drug-likeness (QED) is 0.277. The summed E-state index contributed by atoms with van der Waals surface area (Å²) in [6, 6.07) is 15.4. The molecule has 0 radical (unpaired) electrons. The molecule has 2 heterocycles. The number of hydrogen-bond donors (Lipinski definition) is 1. The zero-order chi connectivity index (χ0) is 21.8. The minimum Gasteiger partial charge on any atom is -0.493 e. The molecular formula is C23H20N2O3S3. The number of rotatable bonds is 7. The van der Waals surface area contributed by atoms with E-state index in [9.17, 15) is 9.59 Å². The first-order chi connectivity index (χ1) is 15.1. The minimum atomic E-state index is -0.360. The van der Waals surface area contributed by atoms with Crippen molar-refractivity contribution in [1.82, 2.24) is 10.4 Å². The fourth-order valence-electron chi connectivity index (χ4n) is 3.14. The highest BCUT2D eigenvalue weighted by atomic mass is 32.2. The lowest BCUT2D eigenvalue weighted by atomic mass is 10.0. The largest absolute Gasteiger partial charge is 0.493 e. The van der Waals surface area contributed by atoms with Gasteiger partial charge >= 0.3 is 0 Å². The second-order valence-corrected chi connectivity index (χ2v) is 9.46. The maximum absolute atomic E-state index is 13.0. The Kier molecular flexibility index (Phi) is 6.70. The monoisotopic (exact) mass is 468 g/mol. The average molecular weight is 469 g/mol. The average Bonchev–Trinajstić information content (AvgIpc) is 3.40. The van der Waals surface area contributed by atoms with Crippen LogP contribution in [0.4, 0.5) is 0 Å². The van der Waals surface area contributed by atoms with Crippen LogP contribution in [0.3, 0.4) is 0 Å². The van der Waals surface area contributed by atoms with Gasteiger partial charge in [0.25, 0.3) is 11.8 Å². The highest BCUT2D eigenvalue weighted by Gasteiger charge is 2.34. The molecule has 1 fully saturated rings. The van der Waals surface area contributed by atoms with Crippen LogP contribution >= 0.6 is 35.3 Å². The van der Waals surface area contributed by atoms with Crippen LogP contribution in [-0.4, -0.2) is 27.8 Å². The van der Waals surface area contributed by atoms with Gasteiger partial charge in [0.2, 0.25) is 0 Å². The third kappa shape index (κ3) is 4.66. The molecule has 2 aromatic carbocycles. The summed E-state index contributed by atoms with van der Waals surface area (Å²) in [5.41, 5.74) is 3.44. The SMILES string of the molecule is CCCCOc1ccc2ccccc2c1/C=C1\SC(=S)N(NC(=O)c2cccs2)C1=O. The molecule has 1 saturated heterocycles. The second-order valence-electron chi connectivity index (χ2n) is 6.84. The molecule has 0 atom stereocenters. The predicted molar refractivity (Wildman–Crippen MR) is 131 cm³/mol. The number of nitrogens with one attached hydrogen (secondary N) is 1. The van der Waals surface area contributed by atoms with Gasteiger partial charge in [0.1, 0.15) is 5.75 Å². The number of thioether (sulfide) groups is 1. The molecule has 2 amide bonds. The molecule has 3 aromatic rings. The smallest absolute Gasteiger partial charge is 0.285 e. The summed E-state index contributed by atoms with van der Waals surface area (Å²) in [6.45, 7) is 2.72. The lowest BCUT2D eigenvalue weighted by molar-refractivity contribution is -0.123. The van der Waals surface area contributed by atoms with E-state index in [1.165, 1.54) is 11.3 Å². The van der Waals surface area contributed by atoms with Crippen LogP contribution in [0.25, 0.3) is 16.8 Å². The van der Waals surface area contributed by atoms with Gasteiger partial charge in [-0.15, -0.1) is 11.3 Å². The van der Waals surface area contributed by atoms with Crippen LogP contribution in [0.15, 0.2) is 58.8 Å². The van der Waals surface area contributed by atoms with E-state index in [4.69, 9.17) is 17.0 Å². The van der Waals surface area contributed by atoms with Crippen molar-refractivity contribution in [3.8, 4) is 5.75 Å². The van der Waals surface area contributed by atoms with Crippen LogP contribution in [0, 0.1) is 0 Å². The van der Waals surface area contributed by atoms with E-state index in [0.717, 1.165) is 51.7 Å². The lowest BCUT2D eigenvalue weighted by Crippen LogP contribution is -2.44. The van der Waals surface area contributed by atoms with Crippen molar-refractivity contribution >= 4 is 68.3 Å². The molecule has 5 nitrogen and oxygen atoms in total. The maximum atomic E-state index is 13.0. The minimum absolute atomic E-state index is 0.287. The number of carbonyl (C=O) groups excluding carboxylic acids is 2. The molecule has 0 saturated carbocycles. The summed E-state index contributed by atoms with van der Waals surface area (Å²) < 4.78 is 6.31. The van der Waals surface area contributed by atoms with E-state index >= 15 is 0 Å². The van der Waals surface area contributed by atoms with Crippen LogP contribution in [0.5, 0.6) is 5.75 Å². The number of carbonyl (C=O) groups is 2. The van der Waals surface area contributed by atoms with Crippen LogP contribution in [-0.2, 0) is 4.79 Å². The van der Waals surface area contributed by atoms with E-state index < -0.39 is 0 Å². The molecule has 31 heavy (non-hydrogen) atoms. The molecule has 0 spiro atoms. The van der Waals surface area contributed by atoms with E-state index in [2.05, 4.69) is 12.3 Å². The fourth-order valence-corrected chi connectivity index (χ4v) is 4.91. The number of nitrogens with zero attached hydrogens (tertiary/aromatic N) is 1. The van der Waals surface area contributed by atoms with Gasteiger partial charge in [-0.2, -0.15) is 5.01 Å². The summed E-state index contributed by atoms with van der Waals surface area (Å²) >= 11 is 7.82. The molecule has 1 aliphatic heterocycles. The van der Waals surface area contributed by atoms with Crippen molar-refractivity contribution in [3.63, 3.8) is 0 Å². The fraction of sp³-hybridized carbons (Fsp3) is 0.174. The topological polar surface area (TPSA) is 58.6 Å². The maximum Gasteiger partial charge on any atom is 0.285 e. The van der Waals surface area contributed by atoms with Gasteiger partial charge in [-0.1, -0.05) is 61.5 Å². The Labute approximate surface area is 194 Å². The first-order valence-corrected chi connectivity index (χ1v) is 12.0. The van der Waals surface area contributed by atoms with Crippen LogP contribution < -0.4 is 10.2 Å². The number of unbranched alkanes of at least 4 members (excludes halogenated alkanes) is 1. The van der Waals surface area contributed by atoms with E-state index in [1.54, 1.807) is 23.6 Å². The Morgan fingerprint density at radius 3 is 2.81 bits per heavy atom. The number of hydrazine groups is 1. The highest BCUT2D eigenvalue weighted by molar-refractivity contribution is 8.26. The third-order valence-electron chi connectivity index (χ3n) is 4.71. The zero-order valence-corrected chi connectivity index (χ0v) is 19.2. The molecular weight excluding hydrogens is 448 g/mol. The predicted octanol–water partition coefficient (Wildman–Crippen LogP) is 5.63. The number of amides is 2. The summed E-state index contributed by atoms with van der Waals surface area (Å²) in [4.78, 5) is 26.4. The van der Waals surface area contributed by atoms with Crippen molar-refractivity contribution in [2.24, 2.45) is 0 Å². The Bertz CT molecular complexity index is 1170. The molecule has 1 aliphatic rings. The van der Waals surface area contributed by atoms with E-state index in [1.807, 2.05) is 36.4 Å². The van der Waals surface area contributed by atoms with Gasteiger partial charge in [0.15, 0.2) is 4.32 Å². The number of thiocarbonyl (C=S) groups is 1. The molecule has 0 unspecified atom stereocenters. The van der Waals surface area contributed by atoms with Crippen molar-refractivity contribution in [1.29, 1.82) is 0 Å². The molecule has 1 aromatic heterocycles. The van der Waals surface area contributed by atoms with Gasteiger partial charge in [0, 0.05) is 5.56 Å². The van der Waals surface area contributed by atoms with Gasteiger partial charge < -0.3 is 4.74 Å². The molecule has 158 valence electrons. The Morgan fingerprint density at radius 1 is 1.19 bits per heavy atom. The van der Waals surface area contributed by atoms with Crippen LogP contribution in [0.1, 0.15) is 35.0 Å². The van der Waals surface area contributed by atoms with Gasteiger partial charge in [-0.3, -0.25) is 15.0 Å². The summed E-state index contributed by atoms with van der Waals surface area (Å²) in [5.74, 6) is 0.00804. The molecule has 0 bridgehead atoms. The Morgan fingerprint density at radius 2 is 2.03 bits per heavy atom. The highest BCUT2D eigenvalue weighted by Crippen LogP contribution is 2.36. The molecule has 4 rings (SSSR count). The first kappa shape index (κ1) is 21.5. The van der Waals surface area contributed by atoms with Crippen molar-refractivity contribution in [2.45, 2.75) is 19.8 Å². The van der Waals surface area contributed by atoms with Crippen molar-refractivity contribution < 1.29 is 14.3 Å². The molecule has 1 N–H and O–H groups in total. The third-order valence-corrected chi connectivity index (χ3v) is 6.88. The standard InChI is InChI=1S/C23H20N2O3S3/c1-2-3-12-28-18-11-10-15-7-4-5-8-16(15)17(18)14-20-22(27)25(23(29)31-20)24-21(26)19-9-6-13-30-19/h4-11,13-14H,2-3,12H2,1H3,(H,24,26)/b20-14-. The van der Waals surface area contributed by atoms with Crippen molar-refractivity contribution in [2.75, 3.05) is 6.61 Å². The number of thiophene rings is 1. The van der Waals surface area contributed by atoms with Crippen LogP contribution in [0.2, 0.25) is 0 Å². The lowest BCUT2D eigenvalue weighted by Gasteiger charge is -2.15. The Balaban J connectivity index is 1.66. The first-order valence-electron chi connectivity index (χ1n) is 9.85. The molecule has 0 aliphatic carbocycles. The number of fused-ring (bicyclic) bond motifs is 1. The second kappa shape index (κ2) is 9.64. The Hall–Kier alpha value is -2.68. The number of ether oxygens (including phenoxy) is 1. The van der Waals surface area contributed by atoms with E-state index in [0.29, 0.717) is 16.4 Å². The van der Waals surface area contributed by atoms with Gasteiger partial charge in [-0.25, -0.2) is 0 Å². The molecule has 8 heteroatoms. The zero-order valence-electron chi connectivity index (χ0n) is 16.8. The van der Waals surface area contributed by atoms with Gasteiger partial charge in [0.05, 0.1) is 16.4 Å². The van der Waals surface area contributed by atoms with Crippen molar-refractivity contribution in [3.05, 3.63) is 69.3 Å². The summed E-state index contributed by atoms with van der Waals surface area (Å²) in [7, 11) is 0. The number of hydrogen-bond acceptors (Lipinski definition) is 6. The number of benzene rings is 2.